The molecule has 2 aromatic rings. The van der Waals surface area contributed by atoms with Gasteiger partial charge in [-0.3, -0.25) is 4.79 Å². The van der Waals surface area contributed by atoms with Crippen LogP contribution in [0.1, 0.15) is 48.2 Å². The van der Waals surface area contributed by atoms with Crippen LogP contribution < -0.4 is 9.64 Å². The minimum absolute atomic E-state index is 0.156. The highest BCUT2D eigenvalue weighted by molar-refractivity contribution is 7.89. The Morgan fingerprint density at radius 3 is 2.42 bits per heavy atom. The van der Waals surface area contributed by atoms with Crippen molar-refractivity contribution in [2.75, 3.05) is 51.3 Å². The molecule has 0 aliphatic carbocycles. The number of methoxy groups -OCH3 is 1. The Kier molecular flexibility index (Phi) is 7.55. The van der Waals surface area contributed by atoms with Crippen LogP contribution in [0, 0.1) is 6.92 Å². The molecule has 2 fully saturated rings. The fraction of sp³-hybridized carbons (Fsp3) is 0.565. The highest BCUT2D eigenvalue weighted by Gasteiger charge is 2.29. The van der Waals surface area contributed by atoms with Crippen molar-refractivity contribution in [1.29, 1.82) is 0 Å². The number of aromatic nitrogens is 1. The SMILES string of the molecule is COc1ccc(S(=O)(=O)N2CCCCCC2)cc1C(=O)N1CCCN(c2nc(C)cs2)CC1. The second kappa shape index (κ2) is 10.4. The number of benzene rings is 1. The molecule has 0 radical (unpaired) electrons. The Morgan fingerprint density at radius 1 is 1.00 bits per heavy atom. The summed E-state index contributed by atoms with van der Waals surface area (Å²) in [7, 11) is -2.15. The first-order valence-electron chi connectivity index (χ1n) is 11.5. The van der Waals surface area contributed by atoms with Gasteiger partial charge in [-0.25, -0.2) is 13.4 Å². The summed E-state index contributed by atoms with van der Waals surface area (Å²) in [5, 5.41) is 3.01. The first kappa shape index (κ1) is 24.0. The van der Waals surface area contributed by atoms with E-state index in [9.17, 15) is 13.2 Å². The predicted octanol–water partition coefficient (Wildman–Crippen LogP) is 3.38. The van der Waals surface area contributed by atoms with E-state index in [4.69, 9.17) is 4.74 Å². The molecule has 3 heterocycles. The molecular weight excluding hydrogens is 460 g/mol. The van der Waals surface area contributed by atoms with Gasteiger partial charge in [0.1, 0.15) is 5.75 Å². The number of thiazole rings is 1. The molecular formula is C23H32N4O4S2. The van der Waals surface area contributed by atoms with Gasteiger partial charge in [-0.1, -0.05) is 12.8 Å². The van der Waals surface area contributed by atoms with Crippen LogP contribution in [-0.4, -0.2) is 74.9 Å². The van der Waals surface area contributed by atoms with Crippen LogP contribution >= 0.6 is 11.3 Å². The Morgan fingerprint density at radius 2 is 1.76 bits per heavy atom. The minimum Gasteiger partial charge on any atom is -0.496 e. The van der Waals surface area contributed by atoms with Gasteiger partial charge in [0, 0.05) is 44.6 Å². The molecule has 180 valence electrons. The molecule has 2 saturated heterocycles. The van der Waals surface area contributed by atoms with Gasteiger partial charge in [0.2, 0.25) is 10.0 Å². The van der Waals surface area contributed by atoms with Crippen molar-refractivity contribution in [2.45, 2.75) is 43.9 Å². The summed E-state index contributed by atoms with van der Waals surface area (Å²) in [6.07, 6.45) is 4.64. The highest BCUT2D eigenvalue weighted by Crippen LogP contribution is 2.28. The van der Waals surface area contributed by atoms with Crippen molar-refractivity contribution < 1.29 is 17.9 Å². The number of carbonyl (C=O) groups excluding carboxylic acids is 1. The maximum atomic E-state index is 13.5. The van der Waals surface area contributed by atoms with Crippen molar-refractivity contribution in [3.05, 3.63) is 34.8 Å². The molecule has 0 saturated carbocycles. The molecule has 8 nitrogen and oxygen atoms in total. The summed E-state index contributed by atoms with van der Waals surface area (Å²) in [6.45, 7) is 5.69. The van der Waals surface area contributed by atoms with Crippen LogP contribution in [0.25, 0.3) is 0 Å². The van der Waals surface area contributed by atoms with E-state index in [-0.39, 0.29) is 10.8 Å². The number of carbonyl (C=O) groups is 1. The molecule has 1 aromatic heterocycles. The fourth-order valence-electron chi connectivity index (χ4n) is 4.41. The van der Waals surface area contributed by atoms with Gasteiger partial charge in [0.05, 0.1) is 23.3 Å². The van der Waals surface area contributed by atoms with E-state index in [0.717, 1.165) is 49.5 Å². The number of anilines is 1. The lowest BCUT2D eigenvalue weighted by atomic mass is 10.1. The molecule has 1 amide bonds. The first-order valence-corrected chi connectivity index (χ1v) is 13.9. The lowest BCUT2D eigenvalue weighted by Crippen LogP contribution is -2.36. The maximum Gasteiger partial charge on any atom is 0.257 e. The van der Waals surface area contributed by atoms with E-state index >= 15 is 0 Å². The molecule has 4 rings (SSSR count). The average molecular weight is 493 g/mol. The molecule has 2 aliphatic heterocycles. The number of ether oxygens (including phenoxy) is 1. The molecule has 2 aliphatic rings. The van der Waals surface area contributed by atoms with Gasteiger partial charge < -0.3 is 14.5 Å². The smallest absolute Gasteiger partial charge is 0.257 e. The quantitative estimate of drug-likeness (QED) is 0.636. The van der Waals surface area contributed by atoms with Crippen LogP contribution in [0.5, 0.6) is 5.75 Å². The second-order valence-corrected chi connectivity index (χ2v) is 11.4. The van der Waals surface area contributed by atoms with Crippen molar-refractivity contribution in [1.82, 2.24) is 14.2 Å². The number of hydrogen-bond donors (Lipinski definition) is 0. The van der Waals surface area contributed by atoms with Gasteiger partial charge in [-0.15, -0.1) is 11.3 Å². The minimum atomic E-state index is -3.65. The summed E-state index contributed by atoms with van der Waals surface area (Å²) in [6, 6.07) is 4.64. The number of nitrogens with zero attached hydrogens (tertiary/aromatic N) is 4. The van der Waals surface area contributed by atoms with Crippen LogP contribution in [0.2, 0.25) is 0 Å². The molecule has 0 spiro atoms. The number of hydrogen-bond acceptors (Lipinski definition) is 7. The number of aryl methyl sites for hydroxylation is 1. The summed E-state index contributed by atoms with van der Waals surface area (Å²) in [5.41, 5.74) is 1.30. The summed E-state index contributed by atoms with van der Waals surface area (Å²) in [5.74, 6) is 0.198. The van der Waals surface area contributed by atoms with E-state index in [2.05, 4.69) is 9.88 Å². The molecule has 33 heavy (non-hydrogen) atoms. The summed E-state index contributed by atoms with van der Waals surface area (Å²) in [4.78, 5) is 22.2. The third kappa shape index (κ3) is 5.33. The van der Waals surface area contributed by atoms with Crippen LogP contribution in [0.4, 0.5) is 5.13 Å². The van der Waals surface area contributed by atoms with E-state index < -0.39 is 10.0 Å². The predicted molar refractivity (Wildman–Crippen MR) is 130 cm³/mol. The van der Waals surface area contributed by atoms with Gasteiger partial charge in [-0.05, 0) is 44.4 Å². The lowest BCUT2D eigenvalue weighted by Gasteiger charge is -2.24. The molecule has 0 bridgehead atoms. The van der Waals surface area contributed by atoms with E-state index in [1.807, 2.05) is 12.3 Å². The van der Waals surface area contributed by atoms with Gasteiger partial charge in [0.25, 0.3) is 5.91 Å². The van der Waals surface area contributed by atoms with Crippen molar-refractivity contribution in [3.8, 4) is 5.75 Å². The first-order chi connectivity index (χ1) is 15.9. The molecule has 1 aromatic carbocycles. The molecule has 0 atom stereocenters. The van der Waals surface area contributed by atoms with Gasteiger partial charge >= 0.3 is 0 Å². The molecule has 0 unspecified atom stereocenters. The Bertz CT molecular complexity index is 1080. The van der Waals surface area contributed by atoms with Crippen LogP contribution in [0.15, 0.2) is 28.5 Å². The summed E-state index contributed by atoms with van der Waals surface area (Å²) < 4.78 is 33.6. The van der Waals surface area contributed by atoms with Crippen LogP contribution in [-0.2, 0) is 10.0 Å². The normalized spacial score (nSPS) is 18.6. The Hall–Kier alpha value is -2.17. The van der Waals surface area contributed by atoms with E-state index in [1.165, 1.54) is 13.2 Å². The van der Waals surface area contributed by atoms with E-state index in [0.29, 0.717) is 44.0 Å². The molecule has 0 N–H and O–H groups in total. The number of rotatable bonds is 5. The van der Waals surface area contributed by atoms with E-state index in [1.54, 1.807) is 32.7 Å². The lowest BCUT2D eigenvalue weighted by molar-refractivity contribution is 0.0763. The van der Waals surface area contributed by atoms with Crippen molar-refractivity contribution >= 4 is 32.4 Å². The fourth-order valence-corrected chi connectivity index (χ4v) is 6.82. The maximum absolute atomic E-state index is 13.5. The van der Waals surface area contributed by atoms with Gasteiger partial charge in [0.15, 0.2) is 5.13 Å². The largest absolute Gasteiger partial charge is 0.496 e. The number of amides is 1. The highest BCUT2D eigenvalue weighted by atomic mass is 32.2. The zero-order valence-corrected chi connectivity index (χ0v) is 21.0. The third-order valence-corrected chi connectivity index (χ3v) is 9.18. The number of sulfonamides is 1. The monoisotopic (exact) mass is 492 g/mol. The zero-order valence-electron chi connectivity index (χ0n) is 19.3. The van der Waals surface area contributed by atoms with Gasteiger partial charge in [-0.2, -0.15) is 4.31 Å². The topological polar surface area (TPSA) is 83.0 Å². The Balaban J connectivity index is 1.55. The average Bonchev–Trinajstić information content (AvgIpc) is 3.03. The zero-order chi connectivity index (χ0) is 23.4. The van der Waals surface area contributed by atoms with Crippen molar-refractivity contribution in [2.24, 2.45) is 0 Å². The third-order valence-electron chi connectivity index (χ3n) is 6.26. The molecule has 10 heteroatoms. The standard InChI is InChI=1S/C23H32N4O4S2/c1-18-17-32-23(24-18)26-11-7-10-25(14-15-26)22(28)20-16-19(8-9-21(20)31-2)33(29,30)27-12-5-3-4-6-13-27/h8-9,16-17H,3-7,10-15H2,1-2H3. The summed E-state index contributed by atoms with van der Waals surface area (Å²) >= 11 is 1.62. The van der Waals surface area contributed by atoms with Crippen LogP contribution in [0.3, 0.4) is 0 Å². The Labute approximate surface area is 200 Å². The van der Waals surface area contributed by atoms with Crippen molar-refractivity contribution in [3.63, 3.8) is 0 Å². The second-order valence-electron chi connectivity index (χ2n) is 8.58.